The van der Waals surface area contributed by atoms with Crippen molar-refractivity contribution in [2.45, 2.75) is 92.5 Å². The first kappa shape index (κ1) is 25.2. The second kappa shape index (κ2) is 11.6. The minimum atomic E-state index is 0.325. The number of allylic oxidation sites excluding steroid dienone is 2. The third kappa shape index (κ3) is 6.34. The topological polar surface area (TPSA) is 40.9 Å². The lowest BCUT2D eigenvalue weighted by Gasteiger charge is -2.23. The van der Waals surface area contributed by atoms with E-state index >= 15 is 0 Å². The second-order valence-corrected chi connectivity index (χ2v) is 10.7. The fraction of sp³-hybridized carbons (Fsp3) is 0.654. The van der Waals surface area contributed by atoms with Gasteiger partial charge < -0.3 is 0 Å². The SMILES string of the molecule is C/C=C(\N=C1\CC1CCC)S/C=C(\C)c1csc(C2C(C)=NN(CC3CC3)C2C)n1.CC. The van der Waals surface area contributed by atoms with Gasteiger partial charge in [0.05, 0.1) is 22.7 Å². The molecule has 3 atom stereocenters. The van der Waals surface area contributed by atoms with E-state index in [0.29, 0.717) is 12.0 Å². The Kier molecular flexibility index (Phi) is 9.18. The number of aliphatic imine (C=N–C) groups is 1. The van der Waals surface area contributed by atoms with Gasteiger partial charge in [-0.1, -0.05) is 45.0 Å². The summed E-state index contributed by atoms with van der Waals surface area (Å²) in [6.45, 7) is 16.0. The Labute approximate surface area is 203 Å². The molecule has 4 nitrogen and oxygen atoms in total. The average molecular weight is 473 g/mol. The molecular weight excluding hydrogens is 432 g/mol. The Morgan fingerprint density at radius 3 is 2.75 bits per heavy atom. The van der Waals surface area contributed by atoms with Gasteiger partial charge in [-0.2, -0.15) is 5.10 Å². The summed E-state index contributed by atoms with van der Waals surface area (Å²) < 4.78 is 0. The van der Waals surface area contributed by atoms with E-state index in [1.165, 1.54) is 54.1 Å². The van der Waals surface area contributed by atoms with Gasteiger partial charge in [-0.25, -0.2) is 4.98 Å². The van der Waals surface area contributed by atoms with Crippen LogP contribution >= 0.6 is 23.1 Å². The van der Waals surface area contributed by atoms with Crippen molar-refractivity contribution in [1.82, 2.24) is 9.99 Å². The van der Waals surface area contributed by atoms with Crippen molar-refractivity contribution in [2.24, 2.45) is 21.9 Å². The van der Waals surface area contributed by atoms with Gasteiger partial charge in [0.1, 0.15) is 5.01 Å². The van der Waals surface area contributed by atoms with Crippen LogP contribution in [0.25, 0.3) is 5.57 Å². The molecule has 4 rings (SSSR count). The number of hydrogen-bond donors (Lipinski definition) is 0. The number of hydrogen-bond acceptors (Lipinski definition) is 6. The zero-order chi connectivity index (χ0) is 23.3. The molecular formula is C26H40N4S2. The second-order valence-electron chi connectivity index (χ2n) is 8.93. The van der Waals surface area contributed by atoms with E-state index in [-0.39, 0.29) is 0 Å². The standard InChI is InChI=1S/C24H34N4S2.C2H6/c1-6-8-19-11-20(19)25-22(7-2)29-13-15(3)21-14-30-24(26-21)23-16(4)27-28(17(23)5)12-18-9-10-18;1-2/h7,13-14,17-19,23H,6,8-12H2,1-5H3;1-2H3/b15-13+,22-7+,25-20-;. The van der Waals surface area contributed by atoms with Crippen molar-refractivity contribution in [2.75, 3.05) is 6.54 Å². The van der Waals surface area contributed by atoms with Gasteiger partial charge in [0, 0.05) is 29.3 Å². The Morgan fingerprint density at radius 2 is 2.09 bits per heavy atom. The van der Waals surface area contributed by atoms with Crippen LogP contribution in [-0.2, 0) is 0 Å². The van der Waals surface area contributed by atoms with Crippen molar-refractivity contribution in [3.8, 4) is 0 Å². The van der Waals surface area contributed by atoms with Crippen molar-refractivity contribution >= 4 is 40.1 Å². The van der Waals surface area contributed by atoms with Gasteiger partial charge in [-0.3, -0.25) is 10.0 Å². The third-order valence-corrected chi connectivity index (χ3v) is 8.25. The lowest BCUT2D eigenvalue weighted by molar-refractivity contribution is 0.224. The number of hydrazone groups is 1. The smallest absolute Gasteiger partial charge is 0.104 e. The maximum atomic E-state index is 5.01. The molecule has 0 saturated heterocycles. The first-order chi connectivity index (χ1) is 15.5. The van der Waals surface area contributed by atoms with Crippen LogP contribution < -0.4 is 0 Å². The van der Waals surface area contributed by atoms with Crippen molar-refractivity contribution in [3.05, 3.63) is 32.6 Å². The Hall–Kier alpha value is -1.40. The van der Waals surface area contributed by atoms with Crippen LogP contribution in [0, 0.1) is 11.8 Å². The van der Waals surface area contributed by atoms with Gasteiger partial charge in [-0.05, 0) is 70.3 Å². The number of nitrogens with zero attached hydrogens (tertiary/aromatic N) is 4. The molecule has 0 bridgehead atoms. The molecule has 1 aromatic rings. The highest BCUT2D eigenvalue weighted by molar-refractivity contribution is 8.05. The molecule has 0 amide bonds. The van der Waals surface area contributed by atoms with E-state index in [0.717, 1.165) is 29.1 Å². The van der Waals surface area contributed by atoms with Crippen LogP contribution in [0.3, 0.4) is 0 Å². The maximum Gasteiger partial charge on any atom is 0.104 e. The summed E-state index contributed by atoms with van der Waals surface area (Å²) in [5.41, 5.74) is 4.87. The van der Waals surface area contributed by atoms with Crippen LogP contribution in [0.2, 0.25) is 0 Å². The van der Waals surface area contributed by atoms with Crippen LogP contribution in [0.15, 0.2) is 32.0 Å². The van der Waals surface area contributed by atoms with E-state index < -0.39 is 0 Å². The summed E-state index contributed by atoms with van der Waals surface area (Å²) in [7, 11) is 0. The predicted octanol–water partition coefficient (Wildman–Crippen LogP) is 7.96. The number of thioether (sulfide) groups is 1. The average Bonchev–Trinajstić information content (AvgIpc) is 3.68. The molecule has 2 aliphatic carbocycles. The molecule has 0 spiro atoms. The van der Waals surface area contributed by atoms with Gasteiger partial charge in [-0.15, -0.1) is 11.3 Å². The van der Waals surface area contributed by atoms with E-state index in [9.17, 15) is 0 Å². The summed E-state index contributed by atoms with van der Waals surface area (Å²) in [6.07, 6.45) is 8.55. The highest BCUT2D eigenvalue weighted by Crippen LogP contribution is 2.38. The Balaban J connectivity index is 0.00000141. The molecule has 3 unspecified atom stereocenters. The van der Waals surface area contributed by atoms with Gasteiger partial charge in [0.15, 0.2) is 0 Å². The molecule has 0 N–H and O–H groups in total. The summed E-state index contributed by atoms with van der Waals surface area (Å²) in [5.74, 6) is 1.91. The minimum Gasteiger partial charge on any atom is -0.293 e. The molecule has 176 valence electrons. The zero-order valence-corrected chi connectivity index (χ0v) is 22.5. The van der Waals surface area contributed by atoms with E-state index in [1.54, 1.807) is 23.1 Å². The first-order valence-corrected chi connectivity index (χ1v) is 14.1. The summed E-state index contributed by atoms with van der Waals surface area (Å²) in [5, 5.41) is 13.9. The Bertz CT molecular complexity index is 891. The normalized spacial score (nSPS) is 26.8. The van der Waals surface area contributed by atoms with Gasteiger partial charge in [0.2, 0.25) is 0 Å². The van der Waals surface area contributed by atoms with Gasteiger partial charge in [0.25, 0.3) is 0 Å². The molecule has 6 heteroatoms. The summed E-state index contributed by atoms with van der Waals surface area (Å²) in [4.78, 5) is 9.86. The first-order valence-electron chi connectivity index (χ1n) is 12.3. The summed E-state index contributed by atoms with van der Waals surface area (Å²) in [6, 6.07) is 0.406. The monoisotopic (exact) mass is 472 g/mol. The highest BCUT2D eigenvalue weighted by Gasteiger charge is 2.37. The lowest BCUT2D eigenvalue weighted by atomic mass is 9.98. The lowest BCUT2D eigenvalue weighted by Crippen LogP contribution is -2.30. The molecule has 2 saturated carbocycles. The molecule has 1 aromatic heterocycles. The maximum absolute atomic E-state index is 5.01. The van der Waals surface area contributed by atoms with Crippen LogP contribution in [-0.4, -0.2) is 34.0 Å². The summed E-state index contributed by atoms with van der Waals surface area (Å²) >= 11 is 3.49. The molecule has 3 aliphatic rings. The van der Waals surface area contributed by atoms with Crippen molar-refractivity contribution in [1.29, 1.82) is 0 Å². The number of aromatic nitrogens is 1. The molecule has 0 radical (unpaired) electrons. The number of rotatable bonds is 9. The van der Waals surface area contributed by atoms with E-state index in [1.807, 2.05) is 13.8 Å². The Morgan fingerprint density at radius 1 is 1.34 bits per heavy atom. The quantitative estimate of drug-likeness (QED) is 0.366. The van der Waals surface area contributed by atoms with Crippen molar-refractivity contribution < 1.29 is 0 Å². The van der Waals surface area contributed by atoms with E-state index in [2.05, 4.69) is 56.5 Å². The molecule has 1 aliphatic heterocycles. The van der Waals surface area contributed by atoms with Crippen LogP contribution in [0.1, 0.15) is 97.2 Å². The highest BCUT2D eigenvalue weighted by atomic mass is 32.2. The zero-order valence-electron chi connectivity index (χ0n) is 20.9. The molecule has 2 heterocycles. The van der Waals surface area contributed by atoms with Crippen LogP contribution in [0.5, 0.6) is 0 Å². The third-order valence-electron chi connectivity index (χ3n) is 6.28. The molecule has 32 heavy (non-hydrogen) atoms. The fourth-order valence-electron chi connectivity index (χ4n) is 4.10. The molecule has 2 fully saturated rings. The van der Waals surface area contributed by atoms with Crippen molar-refractivity contribution in [3.63, 3.8) is 0 Å². The van der Waals surface area contributed by atoms with Gasteiger partial charge >= 0.3 is 0 Å². The minimum absolute atomic E-state index is 0.325. The van der Waals surface area contributed by atoms with E-state index in [4.69, 9.17) is 15.1 Å². The largest absolute Gasteiger partial charge is 0.293 e. The number of thiazole rings is 1. The predicted molar refractivity (Wildman–Crippen MR) is 144 cm³/mol. The fourth-order valence-corrected chi connectivity index (χ4v) is 5.96. The molecule has 0 aromatic carbocycles. The van der Waals surface area contributed by atoms with Crippen LogP contribution in [0.4, 0.5) is 0 Å².